The first-order valence-electron chi connectivity index (χ1n) is 6.00. The fraction of sp³-hybridized carbons (Fsp3) is 0.308. The van der Waals surface area contributed by atoms with Gasteiger partial charge in [-0.05, 0) is 17.7 Å². The number of hydroxylamine groups is 2. The van der Waals surface area contributed by atoms with Gasteiger partial charge in [0.2, 0.25) is 0 Å². The maximum atomic E-state index is 12.4. The first kappa shape index (κ1) is 15.0. The summed E-state index contributed by atoms with van der Waals surface area (Å²) in [5.41, 5.74) is -0.545. The number of amides is 2. The van der Waals surface area contributed by atoms with Crippen LogP contribution < -0.4 is 0 Å². The van der Waals surface area contributed by atoms with E-state index in [1.165, 1.54) is 0 Å². The summed E-state index contributed by atoms with van der Waals surface area (Å²) in [5.74, 6) is -2.11. The third-order valence-electron chi connectivity index (χ3n) is 2.83. The predicted octanol–water partition coefficient (Wildman–Crippen LogP) is 1.86. The Morgan fingerprint density at radius 1 is 1.10 bits per heavy atom. The van der Waals surface area contributed by atoms with Crippen molar-refractivity contribution in [3.63, 3.8) is 0 Å². The van der Waals surface area contributed by atoms with Crippen molar-refractivity contribution in [1.29, 1.82) is 0 Å². The third kappa shape index (κ3) is 3.59. The lowest BCUT2D eigenvalue weighted by Gasteiger charge is -2.12. The van der Waals surface area contributed by atoms with Crippen LogP contribution in [0.4, 0.5) is 13.2 Å². The summed E-state index contributed by atoms with van der Waals surface area (Å²) < 4.78 is 37.1. The van der Waals surface area contributed by atoms with Crippen molar-refractivity contribution >= 4 is 17.8 Å². The molecule has 0 N–H and O–H groups in total. The lowest BCUT2D eigenvalue weighted by Crippen LogP contribution is -2.32. The monoisotopic (exact) mass is 301 g/mol. The number of carbonyl (C=O) groups excluding carboxylic acids is 3. The smallest absolute Gasteiger partial charge is 0.330 e. The number of benzene rings is 1. The van der Waals surface area contributed by atoms with Gasteiger partial charge in [0.25, 0.3) is 11.8 Å². The molecule has 1 heterocycles. The summed E-state index contributed by atoms with van der Waals surface area (Å²) >= 11 is 0. The second kappa shape index (κ2) is 5.55. The van der Waals surface area contributed by atoms with Gasteiger partial charge in [-0.15, -0.1) is 5.06 Å². The fourth-order valence-corrected chi connectivity index (χ4v) is 1.77. The molecule has 0 spiro atoms. The number of imide groups is 1. The van der Waals surface area contributed by atoms with Crippen LogP contribution in [0.25, 0.3) is 0 Å². The van der Waals surface area contributed by atoms with Crippen molar-refractivity contribution in [2.45, 2.75) is 25.4 Å². The summed E-state index contributed by atoms with van der Waals surface area (Å²) in [6.07, 6.45) is -4.83. The topological polar surface area (TPSA) is 63.7 Å². The van der Waals surface area contributed by atoms with E-state index >= 15 is 0 Å². The molecule has 0 atom stereocenters. The first-order chi connectivity index (χ1) is 9.77. The zero-order valence-electron chi connectivity index (χ0n) is 10.6. The molecular formula is C13H10F3NO4. The summed E-state index contributed by atoms with van der Waals surface area (Å²) in [6.45, 7) is 0. The highest BCUT2D eigenvalue weighted by atomic mass is 19.4. The number of hydrogen-bond donors (Lipinski definition) is 0. The van der Waals surface area contributed by atoms with Crippen LogP contribution in [0.3, 0.4) is 0 Å². The molecule has 2 rings (SSSR count). The van der Waals surface area contributed by atoms with E-state index in [-0.39, 0.29) is 24.8 Å². The van der Waals surface area contributed by atoms with Gasteiger partial charge in [0.05, 0.1) is 12.0 Å². The Labute approximate surface area is 117 Å². The molecule has 8 heteroatoms. The SMILES string of the molecule is O=C(Cc1ccc(C(F)(F)F)cc1)ON1C(=O)CCC1=O. The van der Waals surface area contributed by atoms with Crippen molar-refractivity contribution in [3.05, 3.63) is 35.4 Å². The molecule has 0 unspecified atom stereocenters. The maximum Gasteiger partial charge on any atom is 0.416 e. The molecule has 112 valence electrons. The van der Waals surface area contributed by atoms with Gasteiger partial charge < -0.3 is 4.84 Å². The average Bonchev–Trinajstić information content (AvgIpc) is 2.70. The van der Waals surface area contributed by atoms with E-state index < -0.39 is 29.5 Å². The van der Waals surface area contributed by atoms with E-state index in [9.17, 15) is 27.6 Å². The quantitative estimate of drug-likeness (QED) is 0.799. The van der Waals surface area contributed by atoms with E-state index in [2.05, 4.69) is 4.84 Å². The molecule has 1 fully saturated rings. The second-order valence-electron chi connectivity index (χ2n) is 4.42. The largest absolute Gasteiger partial charge is 0.416 e. The van der Waals surface area contributed by atoms with Gasteiger partial charge in [0, 0.05) is 12.8 Å². The Balaban J connectivity index is 1.97. The normalized spacial score (nSPS) is 15.5. The van der Waals surface area contributed by atoms with Crippen LogP contribution in [-0.4, -0.2) is 22.8 Å². The molecule has 5 nitrogen and oxygen atoms in total. The number of hydrogen-bond acceptors (Lipinski definition) is 4. The molecular weight excluding hydrogens is 291 g/mol. The number of halogens is 3. The summed E-state index contributed by atoms with van der Waals surface area (Å²) in [7, 11) is 0. The lowest BCUT2D eigenvalue weighted by atomic mass is 10.1. The van der Waals surface area contributed by atoms with Gasteiger partial charge in [-0.3, -0.25) is 9.59 Å². The van der Waals surface area contributed by atoms with Gasteiger partial charge in [-0.1, -0.05) is 12.1 Å². The Hall–Kier alpha value is -2.38. The van der Waals surface area contributed by atoms with Crippen LogP contribution in [-0.2, 0) is 31.8 Å². The van der Waals surface area contributed by atoms with Crippen LogP contribution in [0.5, 0.6) is 0 Å². The standard InChI is InChI=1S/C13H10F3NO4/c14-13(15,16)9-3-1-8(2-4-9)7-12(20)21-17-10(18)5-6-11(17)19/h1-4H,5-7H2. The summed E-state index contributed by atoms with van der Waals surface area (Å²) in [4.78, 5) is 38.6. The van der Waals surface area contributed by atoms with Gasteiger partial charge in [-0.2, -0.15) is 13.2 Å². The van der Waals surface area contributed by atoms with Crippen LogP contribution in [0.2, 0.25) is 0 Å². The molecule has 1 aliphatic heterocycles. The fourth-order valence-electron chi connectivity index (χ4n) is 1.77. The van der Waals surface area contributed by atoms with Crippen LogP contribution in [0.15, 0.2) is 24.3 Å². The van der Waals surface area contributed by atoms with E-state index in [0.29, 0.717) is 5.06 Å². The van der Waals surface area contributed by atoms with E-state index in [4.69, 9.17) is 0 Å². The molecule has 0 saturated carbocycles. The van der Waals surface area contributed by atoms with Crippen molar-refractivity contribution in [2.75, 3.05) is 0 Å². The Morgan fingerprint density at radius 3 is 2.10 bits per heavy atom. The molecule has 2 amide bonds. The molecule has 0 radical (unpaired) electrons. The minimum absolute atomic E-state index is 0.0214. The number of carbonyl (C=O) groups is 3. The highest BCUT2D eigenvalue weighted by Gasteiger charge is 2.33. The number of rotatable bonds is 3. The first-order valence-corrected chi connectivity index (χ1v) is 6.00. The van der Waals surface area contributed by atoms with Crippen LogP contribution in [0.1, 0.15) is 24.0 Å². The molecule has 21 heavy (non-hydrogen) atoms. The Bertz CT molecular complexity index is 564. The van der Waals surface area contributed by atoms with E-state index in [1.807, 2.05) is 0 Å². The molecule has 0 aliphatic carbocycles. The molecule has 1 aromatic carbocycles. The van der Waals surface area contributed by atoms with E-state index in [0.717, 1.165) is 24.3 Å². The maximum absolute atomic E-state index is 12.4. The minimum atomic E-state index is -4.45. The van der Waals surface area contributed by atoms with E-state index in [1.54, 1.807) is 0 Å². The third-order valence-corrected chi connectivity index (χ3v) is 2.83. The zero-order valence-corrected chi connectivity index (χ0v) is 10.6. The molecule has 1 saturated heterocycles. The van der Waals surface area contributed by atoms with Gasteiger partial charge >= 0.3 is 12.1 Å². The number of alkyl halides is 3. The predicted molar refractivity (Wildman–Crippen MR) is 62.3 cm³/mol. The molecule has 0 bridgehead atoms. The van der Waals surface area contributed by atoms with Crippen molar-refractivity contribution in [1.82, 2.24) is 5.06 Å². The van der Waals surface area contributed by atoms with Gasteiger partial charge in [-0.25, -0.2) is 4.79 Å². The molecule has 1 aliphatic rings. The minimum Gasteiger partial charge on any atom is -0.330 e. The highest BCUT2D eigenvalue weighted by molar-refractivity contribution is 6.01. The van der Waals surface area contributed by atoms with Crippen molar-refractivity contribution in [3.8, 4) is 0 Å². The van der Waals surface area contributed by atoms with Crippen molar-refractivity contribution < 1.29 is 32.4 Å². The zero-order chi connectivity index (χ0) is 15.6. The highest BCUT2D eigenvalue weighted by Crippen LogP contribution is 2.29. The van der Waals surface area contributed by atoms with Crippen LogP contribution in [0, 0.1) is 0 Å². The summed E-state index contributed by atoms with van der Waals surface area (Å²) in [6, 6.07) is 3.96. The average molecular weight is 301 g/mol. The second-order valence-corrected chi connectivity index (χ2v) is 4.42. The lowest BCUT2D eigenvalue weighted by molar-refractivity contribution is -0.197. The Kier molecular flexibility index (Phi) is 3.97. The summed E-state index contributed by atoms with van der Waals surface area (Å²) in [5, 5.41) is 0.395. The molecule has 1 aromatic rings. The van der Waals surface area contributed by atoms with Gasteiger partial charge in [0.1, 0.15) is 0 Å². The van der Waals surface area contributed by atoms with Gasteiger partial charge in [0.15, 0.2) is 0 Å². The van der Waals surface area contributed by atoms with Crippen LogP contribution >= 0.6 is 0 Å². The number of nitrogens with zero attached hydrogens (tertiary/aromatic N) is 1. The Morgan fingerprint density at radius 2 is 1.62 bits per heavy atom. The molecule has 0 aromatic heterocycles. The van der Waals surface area contributed by atoms with Crippen molar-refractivity contribution in [2.24, 2.45) is 0 Å².